The molecule has 1 atom stereocenters. The number of hydrogen-bond acceptors (Lipinski definition) is 2. The maximum atomic E-state index is 5.78. The maximum Gasteiger partial charge on any atom is 0.123 e. The lowest BCUT2D eigenvalue weighted by Gasteiger charge is -2.10. The van der Waals surface area contributed by atoms with E-state index in [9.17, 15) is 0 Å². The average Bonchev–Trinajstić information content (AvgIpc) is 2.60. The van der Waals surface area contributed by atoms with Gasteiger partial charge in [0.15, 0.2) is 0 Å². The van der Waals surface area contributed by atoms with Gasteiger partial charge in [0.1, 0.15) is 11.9 Å². The van der Waals surface area contributed by atoms with E-state index in [0.29, 0.717) is 6.10 Å². The second-order valence-electron chi connectivity index (χ2n) is 3.44. The summed E-state index contributed by atoms with van der Waals surface area (Å²) in [6.45, 7) is 1.93. The topological polar surface area (TPSA) is 21.3 Å². The van der Waals surface area contributed by atoms with Crippen LogP contribution in [0.4, 0.5) is 0 Å². The van der Waals surface area contributed by atoms with Crippen LogP contribution in [-0.4, -0.2) is 24.5 Å². The molecule has 0 spiro atoms. The van der Waals surface area contributed by atoms with Gasteiger partial charge in [-0.05, 0) is 11.6 Å². The Labute approximate surface area is 92.8 Å². The van der Waals surface area contributed by atoms with Crippen molar-refractivity contribution in [1.29, 1.82) is 0 Å². The Morgan fingerprint density at radius 3 is 3.07 bits per heavy atom. The molecule has 0 aromatic heterocycles. The number of alkyl halides is 1. The fraction of sp³-hybridized carbons (Fsp3) is 0.455. The highest BCUT2D eigenvalue weighted by Gasteiger charge is 2.21. The first-order valence-corrected chi connectivity index (χ1v) is 6.03. The zero-order chi connectivity index (χ0) is 9.80. The third kappa shape index (κ3) is 2.28. The summed E-state index contributed by atoms with van der Waals surface area (Å²) in [7, 11) is 0. The Balaban J connectivity index is 1.86. The largest absolute Gasteiger partial charge is 0.488 e. The molecule has 0 aliphatic carbocycles. The van der Waals surface area contributed by atoms with Crippen LogP contribution in [0.5, 0.6) is 5.75 Å². The van der Waals surface area contributed by atoms with Gasteiger partial charge in [-0.2, -0.15) is 0 Å². The zero-order valence-corrected chi connectivity index (χ0v) is 9.59. The summed E-state index contributed by atoms with van der Waals surface area (Å²) in [6, 6.07) is 8.27. The van der Waals surface area contributed by atoms with E-state index in [1.54, 1.807) is 0 Å². The summed E-state index contributed by atoms with van der Waals surface area (Å²) in [5.74, 6) is 1.05. The molecule has 3 heteroatoms. The van der Waals surface area contributed by atoms with Crippen molar-refractivity contribution < 1.29 is 4.74 Å². The number of hydrogen-bond donors (Lipinski definition) is 1. The van der Waals surface area contributed by atoms with Gasteiger partial charge < -0.3 is 10.1 Å². The Morgan fingerprint density at radius 2 is 2.29 bits per heavy atom. The van der Waals surface area contributed by atoms with Crippen molar-refractivity contribution in [2.75, 3.05) is 18.4 Å². The molecule has 1 aliphatic rings. The minimum atomic E-state index is 0.312. The van der Waals surface area contributed by atoms with Crippen LogP contribution >= 0.6 is 15.9 Å². The third-order valence-electron chi connectivity index (χ3n) is 2.36. The van der Waals surface area contributed by atoms with Gasteiger partial charge in [-0.25, -0.2) is 0 Å². The standard InChI is InChI=1S/C11H14BrNO/c12-5-6-13-8-10-7-9-3-1-2-4-11(9)14-10/h1-4,10,13H,5-8H2. The van der Waals surface area contributed by atoms with Crippen LogP contribution in [0, 0.1) is 0 Å². The lowest BCUT2D eigenvalue weighted by Crippen LogP contribution is -2.31. The van der Waals surface area contributed by atoms with E-state index >= 15 is 0 Å². The number of rotatable bonds is 4. The van der Waals surface area contributed by atoms with Gasteiger partial charge in [-0.15, -0.1) is 0 Å². The van der Waals surface area contributed by atoms with E-state index in [4.69, 9.17) is 4.74 Å². The van der Waals surface area contributed by atoms with E-state index < -0.39 is 0 Å². The predicted octanol–water partition coefficient (Wildman–Crippen LogP) is 1.97. The summed E-state index contributed by atoms with van der Waals surface area (Å²) in [6.07, 6.45) is 1.34. The highest BCUT2D eigenvalue weighted by atomic mass is 79.9. The molecular weight excluding hydrogens is 242 g/mol. The lowest BCUT2D eigenvalue weighted by atomic mass is 10.1. The fourth-order valence-corrected chi connectivity index (χ4v) is 1.98. The number of nitrogens with one attached hydrogen (secondary N) is 1. The van der Waals surface area contributed by atoms with Crippen LogP contribution in [0.25, 0.3) is 0 Å². The molecule has 0 radical (unpaired) electrons. The number of ether oxygens (including phenoxy) is 1. The number of halogens is 1. The van der Waals surface area contributed by atoms with Crippen LogP contribution in [0.15, 0.2) is 24.3 Å². The molecule has 0 bridgehead atoms. The van der Waals surface area contributed by atoms with Crippen LogP contribution in [-0.2, 0) is 6.42 Å². The third-order valence-corrected chi connectivity index (χ3v) is 2.75. The quantitative estimate of drug-likeness (QED) is 0.657. The maximum absolute atomic E-state index is 5.78. The zero-order valence-electron chi connectivity index (χ0n) is 8.00. The van der Waals surface area contributed by atoms with Crippen molar-refractivity contribution in [3.05, 3.63) is 29.8 Å². The molecule has 14 heavy (non-hydrogen) atoms. The SMILES string of the molecule is BrCCNCC1Cc2ccccc2O1. The second kappa shape index (κ2) is 4.80. The minimum absolute atomic E-state index is 0.312. The first-order chi connectivity index (χ1) is 6.90. The molecule has 2 nitrogen and oxygen atoms in total. The van der Waals surface area contributed by atoms with Gasteiger partial charge in [0, 0.05) is 24.8 Å². The Morgan fingerprint density at radius 1 is 1.43 bits per heavy atom. The summed E-state index contributed by atoms with van der Waals surface area (Å²) >= 11 is 3.38. The molecule has 0 saturated carbocycles. The van der Waals surface area contributed by atoms with Crippen LogP contribution in [0.3, 0.4) is 0 Å². The highest BCUT2D eigenvalue weighted by Crippen LogP contribution is 2.27. The molecule has 1 heterocycles. The monoisotopic (exact) mass is 255 g/mol. The number of para-hydroxylation sites is 1. The molecular formula is C11H14BrNO. The molecule has 1 unspecified atom stereocenters. The van der Waals surface area contributed by atoms with Crippen molar-refractivity contribution in [1.82, 2.24) is 5.32 Å². The predicted molar refractivity (Wildman–Crippen MR) is 61.2 cm³/mol. The molecule has 1 aromatic rings. The minimum Gasteiger partial charge on any atom is -0.488 e. The molecule has 0 saturated heterocycles. The van der Waals surface area contributed by atoms with Gasteiger partial charge in [-0.3, -0.25) is 0 Å². The van der Waals surface area contributed by atoms with Crippen LogP contribution in [0.2, 0.25) is 0 Å². The van der Waals surface area contributed by atoms with E-state index in [1.165, 1.54) is 5.56 Å². The molecule has 76 valence electrons. The molecule has 2 rings (SSSR count). The summed E-state index contributed by atoms with van der Waals surface area (Å²) in [5, 5.41) is 4.33. The Bertz CT molecular complexity index is 278. The highest BCUT2D eigenvalue weighted by molar-refractivity contribution is 9.09. The first-order valence-electron chi connectivity index (χ1n) is 4.91. The molecule has 1 N–H and O–H groups in total. The van der Waals surface area contributed by atoms with E-state index in [1.807, 2.05) is 12.1 Å². The van der Waals surface area contributed by atoms with Gasteiger partial charge in [0.05, 0.1) is 0 Å². The Kier molecular flexibility index (Phi) is 3.43. The first kappa shape index (κ1) is 9.99. The van der Waals surface area contributed by atoms with Gasteiger partial charge in [0.25, 0.3) is 0 Å². The summed E-state index contributed by atoms with van der Waals surface area (Å²) in [4.78, 5) is 0. The molecule has 0 amide bonds. The number of benzene rings is 1. The molecule has 0 fully saturated rings. The molecule has 1 aromatic carbocycles. The summed E-state index contributed by atoms with van der Waals surface area (Å²) < 4.78 is 5.78. The van der Waals surface area contributed by atoms with E-state index in [0.717, 1.165) is 30.6 Å². The Hall–Kier alpha value is -0.540. The smallest absolute Gasteiger partial charge is 0.123 e. The van der Waals surface area contributed by atoms with E-state index in [2.05, 4.69) is 33.4 Å². The van der Waals surface area contributed by atoms with Crippen molar-refractivity contribution in [2.45, 2.75) is 12.5 Å². The van der Waals surface area contributed by atoms with Crippen LogP contribution < -0.4 is 10.1 Å². The van der Waals surface area contributed by atoms with Crippen molar-refractivity contribution >= 4 is 15.9 Å². The van der Waals surface area contributed by atoms with Gasteiger partial charge >= 0.3 is 0 Å². The lowest BCUT2D eigenvalue weighted by molar-refractivity contribution is 0.229. The van der Waals surface area contributed by atoms with Gasteiger partial charge in [0.2, 0.25) is 0 Å². The fourth-order valence-electron chi connectivity index (χ4n) is 1.70. The molecule has 1 aliphatic heterocycles. The number of fused-ring (bicyclic) bond motifs is 1. The second-order valence-corrected chi connectivity index (χ2v) is 4.24. The van der Waals surface area contributed by atoms with Crippen molar-refractivity contribution in [2.24, 2.45) is 0 Å². The van der Waals surface area contributed by atoms with Gasteiger partial charge in [-0.1, -0.05) is 34.1 Å². The van der Waals surface area contributed by atoms with E-state index in [-0.39, 0.29) is 0 Å². The normalized spacial score (nSPS) is 19.1. The summed E-state index contributed by atoms with van der Waals surface area (Å²) in [5.41, 5.74) is 1.33. The van der Waals surface area contributed by atoms with Crippen LogP contribution in [0.1, 0.15) is 5.56 Å². The average molecular weight is 256 g/mol. The van der Waals surface area contributed by atoms with Crippen molar-refractivity contribution in [3.8, 4) is 5.75 Å². The van der Waals surface area contributed by atoms with Crippen molar-refractivity contribution in [3.63, 3.8) is 0 Å².